The minimum atomic E-state index is -5.40. The molecule has 0 fully saturated rings. The molecule has 1 atom stereocenters. The van der Waals surface area contributed by atoms with Crippen LogP contribution < -0.4 is 9.62 Å². The third kappa shape index (κ3) is 2.45. The van der Waals surface area contributed by atoms with Gasteiger partial charge in [-0.3, -0.25) is 4.72 Å². The van der Waals surface area contributed by atoms with Gasteiger partial charge in [-0.25, -0.2) is 0 Å². The van der Waals surface area contributed by atoms with Crippen LogP contribution in [-0.2, 0) is 15.4 Å². The number of likely N-dealkylation sites (N-methyl/N-ethyl adjacent to an activating group) is 1. The number of anilines is 2. The number of benzene rings is 1. The maximum Gasteiger partial charge on any atom is 0.516 e. The van der Waals surface area contributed by atoms with E-state index in [1.165, 1.54) is 12.1 Å². The van der Waals surface area contributed by atoms with Crippen molar-refractivity contribution < 1.29 is 21.6 Å². The molecule has 21 heavy (non-hydrogen) atoms. The molecule has 0 saturated heterocycles. The Morgan fingerprint density at radius 2 is 1.86 bits per heavy atom. The average Bonchev–Trinajstić information content (AvgIpc) is 2.49. The summed E-state index contributed by atoms with van der Waals surface area (Å²) in [6.07, 6.45) is 0. The molecular weight excluding hydrogens is 305 g/mol. The zero-order chi connectivity index (χ0) is 16.2. The molecule has 0 radical (unpaired) electrons. The molecule has 0 saturated carbocycles. The van der Waals surface area contributed by atoms with Crippen molar-refractivity contribution in [2.24, 2.45) is 0 Å². The summed E-state index contributed by atoms with van der Waals surface area (Å²) in [5.41, 5.74) is -3.87. The Bertz CT molecular complexity index is 668. The van der Waals surface area contributed by atoms with Crippen LogP contribution in [0.4, 0.5) is 24.5 Å². The summed E-state index contributed by atoms with van der Waals surface area (Å²) in [5.74, 6) is 0. The summed E-state index contributed by atoms with van der Waals surface area (Å²) in [6.45, 7) is 6.10. The van der Waals surface area contributed by atoms with Crippen LogP contribution in [0, 0.1) is 0 Å². The van der Waals surface area contributed by atoms with Crippen LogP contribution in [-0.4, -0.2) is 27.0 Å². The summed E-state index contributed by atoms with van der Waals surface area (Å²) < 4.78 is 61.0. The minimum absolute atomic E-state index is 0.0946. The minimum Gasteiger partial charge on any atom is -0.371 e. The normalized spacial score (nSPS) is 21.3. The Balaban J connectivity index is 2.41. The Hall–Kier alpha value is -1.44. The fourth-order valence-electron chi connectivity index (χ4n) is 2.56. The second kappa shape index (κ2) is 4.53. The third-order valence-corrected chi connectivity index (χ3v) is 5.37. The first-order valence-corrected chi connectivity index (χ1v) is 7.82. The van der Waals surface area contributed by atoms with Gasteiger partial charge in [-0.1, -0.05) is 19.9 Å². The van der Waals surface area contributed by atoms with Crippen molar-refractivity contribution in [3.8, 4) is 0 Å². The highest BCUT2D eigenvalue weighted by Gasteiger charge is 2.46. The fraction of sp³-hybridized carbons (Fsp3) is 0.538. The number of sulfonamides is 1. The number of hydrogen-bond acceptors (Lipinski definition) is 3. The van der Waals surface area contributed by atoms with Gasteiger partial charge in [-0.15, -0.1) is 0 Å². The predicted molar refractivity (Wildman–Crippen MR) is 75.9 cm³/mol. The van der Waals surface area contributed by atoms with Crippen LogP contribution in [0.3, 0.4) is 0 Å². The standard InChI is InChI=1S/C13H17F3N2O2S/c1-8-12(2,3)10-6-5-9(7-11(10)18(8)4)17-21(19,20)13(14,15)16/h5-8,17H,1-4H3. The van der Waals surface area contributed by atoms with E-state index < -0.39 is 15.5 Å². The molecule has 0 aromatic heterocycles. The molecule has 0 amide bonds. The van der Waals surface area contributed by atoms with E-state index in [1.807, 2.05) is 32.7 Å². The molecule has 1 aromatic carbocycles. The van der Waals surface area contributed by atoms with Gasteiger partial charge < -0.3 is 4.90 Å². The lowest BCUT2D eigenvalue weighted by molar-refractivity contribution is -0.0429. The van der Waals surface area contributed by atoms with Crippen LogP contribution in [0.15, 0.2) is 18.2 Å². The lowest BCUT2D eigenvalue weighted by Gasteiger charge is -2.28. The van der Waals surface area contributed by atoms with E-state index >= 15 is 0 Å². The van der Waals surface area contributed by atoms with Crippen molar-refractivity contribution in [2.45, 2.75) is 37.7 Å². The van der Waals surface area contributed by atoms with Crippen molar-refractivity contribution in [3.63, 3.8) is 0 Å². The molecule has 1 aliphatic rings. The van der Waals surface area contributed by atoms with Crippen molar-refractivity contribution in [2.75, 3.05) is 16.7 Å². The summed E-state index contributed by atoms with van der Waals surface area (Å²) in [5, 5.41) is 0. The van der Waals surface area contributed by atoms with Crippen molar-refractivity contribution >= 4 is 21.4 Å². The Morgan fingerprint density at radius 1 is 1.29 bits per heavy atom. The second-order valence-corrected chi connectivity index (χ2v) is 7.47. The maximum absolute atomic E-state index is 12.4. The van der Waals surface area contributed by atoms with E-state index in [4.69, 9.17) is 0 Å². The quantitative estimate of drug-likeness (QED) is 0.910. The molecule has 1 heterocycles. The summed E-state index contributed by atoms with van der Waals surface area (Å²) in [4.78, 5) is 1.93. The number of hydrogen-bond donors (Lipinski definition) is 1. The van der Waals surface area contributed by atoms with Gasteiger partial charge in [0.05, 0.1) is 5.69 Å². The van der Waals surface area contributed by atoms with Crippen molar-refractivity contribution in [1.29, 1.82) is 0 Å². The topological polar surface area (TPSA) is 49.4 Å². The highest BCUT2D eigenvalue weighted by molar-refractivity contribution is 7.93. The molecule has 0 aliphatic carbocycles. The highest BCUT2D eigenvalue weighted by atomic mass is 32.2. The van der Waals surface area contributed by atoms with Crippen molar-refractivity contribution in [1.82, 2.24) is 0 Å². The summed E-state index contributed by atoms with van der Waals surface area (Å²) >= 11 is 0. The second-order valence-electron chi connectivity index (χ2n) is 5.79. The number of nitrogens with zero attached hydrogens (tertiary/aromatic N) is 1. The predicted octanol–water partition coefficient (Wildman–Crippen LogP) is 3.06. The van der Waals surface area contributed by atoms with Crippen LogP contribution in [0.25, 0.3) is 0 Å². The number of alkyl halides is 3. The van der Waals surface area contributed by atoms with E-state index in [9.17, 15) is 21.6 Å². The van der Waals surface area contributed by atoms with Gasteiger partial charge in [0.2, 0.25) is 0 Å². The summed E-state index contributed by atoms with van der Waals surface area (Å²) in [7, 11) is -3.56. The van der Waals surface area contributed by atoms with E-state index in [2.05, 4.69) is 0 Å². The van der Waals surface area contributed by atoms with Crippen molar-refractivity contribution in [3.05, 3.63) is 23.8 Å². The molecule has 1 aliphatic heterocycles. The molecule has 4 nitrogen and oxygen atoms in total. The van der Waals surface area contributed by atoms with Crippen LogP contribution in [0.5, 0.6) is 0 Å². The van der Waals surface area contributed by atoms with Gasteiger partial charge in [0, 0.05) is 24.2 Å². The van der Waals surface area contributed by atoms with Crippen LogP contribution >= 0.6 is 0 Å². The fourth-order valence-corrected chi connectivity index (χ4v) is 3.12. The molecule has 0 bridgehead atoms. The molecule has 2 rings (SSSR count). The van der Waals surface area contributed by atoms with Gasteiger partial charge >= 0.3 is 15.5 Å². The number of nitrogens with one attached hydrogen (secondary N) is 1. The van der Waals surface area contributed by atoms with Gasteiger partial charge in [0.15, 0.2) is 0 Å². The first-order valence-electron chi connectivity index (χ1n) is 6.34. The Morgan fingerprint density at radius 3 is 2.38 bits per heavy atom. The lowest BCUT2D eigenvalue weighted by Crippen LogP contribution is -2.36. The molecule has 118 valence electrons. The monoisotopic (exact) mass is 322 g/mol. The zero-order valence-corrected chi connectivity index (χ0v) is 12.9. The van der Waals surface area contributed by atoms with Gasteiger partial charge in [-0.05, 0) is 24.6 Å². The van der Waals surface area contributed by atoms with E-state index in [0.29, 0.717) is 0 Å². The van der Waals surface area contributed by atoms with E-state index in [0.717, 1.165) is 11.3 Å². The Labute approximate surface area is 122 Å². The average molecular weight is 322 g/mol. The lowest BCUT2D eigenvalue weighted by atomic mass is 9.81. The largest absolute Gasteiger partial charge is 0.516 e. The maximum atomic E-state index is 12.4. The van der Waals surface area contributed by atoms with Crippen LogP contribution in [0.1, 0.15) is 26.3 Å². The van der Waals surface area contributed by atoms with Gasteiger partial charge in [0.25, 0.3) is 0 Å². The molecule has 1 aromatic rings. The molecular formula is C13H17F3N2O2S. The summed E-state index contributed by atoms with van der Waals surface area (Å²) in [6, 6.07) is 4.62. The van der Waals surface area contributed by atoms with E-state index in [1.54, 1.807) is 10.8 Å². The van der Waals surface area contributed by atoms with Crippen LogP contribution in [0.2, 0.25) is 0 Å². The molecule has 1 N–H and O–H groups in total. The van der Waals surface area contributed by atoms with Gasteiger partial charge in [0.1, 0.15) is 0 Å². The number of halogens is 3. The number of fused-ring (bicyclic) bond motifs is 1. The number of rotatable bonds is 2. The SMILES string of the molecule is CC1N(C)c2cc(NS(=O)(=O)C(F)(F)F)ccc2C1(C)C. The highest BCUT2D eigenvalue weighted by Crippen LogP contribution is 2.45. The Kier molecular flexibility index (Phi) is 3.44. The first-order chi connectivity index (χ1) is 9.38. The van der Waals surface area contributed by atoms with E-state index in [-0.39, 0.29) is 17.1 Å². The molecule has 1 unspecified atom stereocenters. The van der Waals surface area contributed by atoms with Gasteiger partial charge in [-0.2, -0.15) is 21.6 Å². The molecule has 8 heteroatoms. The first kappa shape index (κ1) is 15.9. The molecule has 0 spiro atoms. The zero-order valence-electron chi connectivity index (χ0n) is 12.1. The third-order valence-electron chi connectivity index (χ3n) is 4.25. The smallest absolute Gasteiger partial charge is 0.371 e.